The molecular formula is C8H14O5. The summed E-state index contributed by atoms with van der Waals surface area (Å²) >= 11 is 0. The molecule has 0 bridgehead atoms. The quantitative estimate of drug-likeness (QED) is 0.474. The van der Waals surface area contributed by atoms with Gasteiger partial charge in [0.1, 0.15) is 24.9 Å². The molecular weight excluding hydrogens is 176 g/mol. The molecule has 2 rings (SSSR count). The van der Waals surface area contributed by atoms with Crippen LogP contribution in [0.1, 0.15) is 13.3 Å². The third-order valence-corrected chi connectivity index (χ3v) is 2.71. The van der Waals surface area contributed by atoms with Crippen molar-refractivity contribution in [2.45, 2.75) is 43.5 Å². The van der Waals surface area contributed by atoms with Crippen molar-refractivity contribution in [1.29, 1.82) is 0 Å². The fraction of sp³-hybridized carbons (Fsp3) is 1.00. The molecule has 5 atom stereocenters. The van der Waals surface area contributed by atoms with Crippen molar-refractivity contribution >= 4 is 0 Å². The van der Waals surface area contributed by atoms with Crippen molar-refractivity contribution in [3.05, 3.63) is 0 Å². The molecule has 2 fully saturated rings. The monoisotopic (exact) mass is 190 g/mol. The summed E-state index contributed by atoms with van der Waals surface area (Å²) in [7, 11) is 0. The van der Waals surface area contributed by atoms with E-state index in [0.29, 0.717) is 6.42 Å². The number of fused-ring (bicyclic) bond motifs is 1. The van der Waals surface area contributed by atoms with Gasteiger partial charge in [0.2, 0.25) is 5.79 Å². The van der Waals surface area contributed by atoms with E-state index in [1.165, 1.54) is 0 Å². The minimum Gasteiger partial charge on any atom is -0.388 e. The lowest BCUT2D eigenvalue weighted by Crippen LogP contribution is -2.73. The highest BCUT2D eigenvalue weighted by atomic mass is 16.7. The fourth-order valence-corrected chi connectivity index (χ4v) is 1.84. The molecule has 5 heteroatoms. The summed E-state index contributed by atoms with van der Waals surface area (Å²) in [4.78, 5) is 0. The maximum absolute atomic E-state index is 9.70. The topological polar surface area (TPSA) is 79.2 Å². The summed E-state index contributed by atoms with van der Waals surface area (Å²) in [6.07, 6.45) is -2.80. The fourth-order valence-electron chi connectivity index (χ4n) is 1.84. The molecule has 0 saturated carbocycles. The van der Waals surface area contributed by atoms with E-state index in [-0.39, 0.29) is 6.61 Å². The van der Waals surface area contributed by atoms with Gasteiger partial charge in [-0.1, -0.05) is 6.92 Å². The zero-order valence-corrected chi connectivity index (χ0v) is 7.38. The van der Waals surface area contributed by atoms with Crippen LogP contribution in [-0.4, -0.2) is 52.1 Å². The Bertz CT molecular complexity index is 207. The average Bonchev–Trinajstić information content (AvgIpc) is 2.09. The zero-order chi connectivity index (χ0) is 9.64. The van der Waals surface area contributed by atoms with E-state index in [4.69, 9.17) is 9.47 Å². The van der Waals surface area contributed by atoms with Crippen LogP contribution in [0, 0.1) is 0 Å². The minimum atomic E-state index is -1.39. The molecule has 0 aromatic rings. The molecule has 0 aromatic heterocycles. The smallest absolute Gasteiger partial charge is 0.219 e. The number of aliphatic hydroxyl groups is 3. The Morgan fingerprint density at radius 1 is 1.38 bits per heavy atom. The van der Waals surface area contributed by atoms with E-state index in [0.717, 1.165) is 0 Å². The molecule has 2 aliphatic heterocycles. The predicted octanol–water partition coefficient (Wildman–Crippen LogP) is -1.40. The van der Waals surface area contributed by atoms with Gasteiger partial charge in [0.25, 0.3) is 0 Å². The molecule has 0 aliphatic carbocycles. The first-order chi connectivity index (χ1) is 6.08. The van der Waals surface area contributed by atoms with Crippen LogP contribution < -0.4 is 0 Å². The maximum Gasteiger partial charge on any atom is 0.219 e. The second-order valence-electron chi connectivity index (χ2n) is 3.62. The van der Waals surface area contributed by atoms with Crippen LogP contribution in [-0.2, 0) is 9.47 Å². The van der Waals surface area contributed by atoms with Gasteiger partial charge in [0.15, 0.2) is 0 Å². The largest absolute Gasteiger partial charge is 0.388 e. The van der Waals surface area contributed by atoms with Crippen LogP contribution in [0.3, 0.4) is 0 Å². The van der Waals surface area contributed by atoms with E-state index in [1.807, 2.05) is 6.92 Å². The zero-order valence-electron chi connectivity index (χ0n) is 7.38. The lowest BCUT2D eigenvalue weighted by atomic mass is 9.88. The van der Waals surface area contributed by atoms with Crippen LogP contribution in [0.15, 0.2) is 0 Å². The first-order valence-corrected chi connectivity index (χ1v) is 4.46. The lowest BCUT2D eigenvalue weighted by Gasteiger charge is -2.53. The maximum atomic E-state index is 9.70. The van der Waals surface area contributed by atoms with Crippen molar-refractivity contribution in [3.63, 3.8) is 0 Å². The Kier molecular flexibility index (Phi) is 2.08. The number of aliphatic hydroxyl groups excluding tert-OH is 2. The standard InChI is InChI=1S/C8H14O5/c1-2-4-5(9)6(10)7-8(11,13-4)3-12-7/h4-7,9-11H,2-3H2,1H3. The first kappa shape index (κ1) is 9.36. The van der Waals surface area contributed by atoms with E-state index in [9.17, 15) is 15.3 Å². The summed E-state index contributed by atoms with van der Waals surface area (Å²) in [6, 6.07) is 0. The van der Waals surface area contributed by atoms with Gasteiger partial charge >= 0.3 is 0 Å². The summed E-state index contributed by atoms with van der Waals surface area (Å²) in [5, 5.41) is 28.7. The normalized spacial score (nSPS) is 55.4. The lowest BCUT2D eigenvalue weighted by molar-refractivity contribution is -0.427. The van der Waals surface area contributed by atoms with Gasteiger partial charge in [0, 0.05) is 0 Å². The Morgan fingerprint density at radius 2 is 2.08 bits per heavy atom. The van der Waals surface area contributed by atoms with Gasteiger partial charge in [-0.2, -0.15) is 0 Å². The molecule has 76 valence electrons. The van der Waals surface area contributed by atoms with E-state index >= 15 is 0 Å². The summed E-state index contributed by atoms with van der Waals surface area (Å²) in [5.74, 6) is -1.39. The number of rotatable bonds is 1. The molecule has 5 unspecified atom stereocenters. The van der Waals surface area contributed by atoms with Crippen LogP contribution in [0.25, 0.3) is 0 Å². The molecule has 0 radical (unpaired) electrons. The summed E-state index contributed by atoms with van der Waals surface area (Å²) in [6.45, 7) is 1.89. The Hall–Kier alpha value is -0.200. The molecule has 0 aromatic carbocycles. The summed E-state index contributed by atoms with van der Waals surface area (Å²) in [5.41, 5.74) is 0. The highest BCUT2D eigenvalue weighted by Gasteiger charge is 2.59. The Labute approximate surface area is 75.9 Å². The average molecular weight is 190 g/mol. The van der Waals surface area contributed by atoms with E-state index in [2.05, 4.69) is 0 Å². The first-order valence-electron chi connectivity index (χ1n) is 4.46. The van der Waals surface area contributed by atoms with Crippen molar-refractivity contribution < 1.29 is 24.8 Å². The van der Waals surface area contributed by atoms with E-state index in [1.54, 1.807) is 0 Å². The predicted molar refractivity (Wildman–Crippen MR) is 41.9 cm³/mol. The molecule has 13 heavy (non-hydrogen) atoms. The molecule has 5 nitrogen and oxygen atoms in total. The SMILES string of the molecule is CCC1OC2(O)COC2C(O)C1O. The Morgan fingerprint density at radius 3 is 2.54 bits per heavy atom. The second kappa shape index (κ2) is 2.90. The van der Waals surface area contributed by atoms with Gasteiger partial charge in [-0.3, -0.25) is 0 Å². The highest BCUT2D eigenvalue weighted by molar-refractivity contribution is 5.01. The van der Waals surface area contributed by atoms with Gasteiger partial charge in [-0.15, -0.1) is 0 Å². The minimum absolute atomic E-state index is 0.0674. The molecule has 0 amide bonds. The molecule has 3 N–H and O–H groups in total. The van der Waals surface area contributed by atoms with Gasteiger partial charge < -0.3 is 24.8 Å². The Balaban J connectivity index is 2.14. The van der Waals surface area contributed by atoms with Crippen LogP contribution in [0.5, 0.6) is 0 Å². The van der Waals surface area contributed by atoms with Gasteiger partial charge in [-0.05, 0) is 6.42 Å². The number of ether oxygens (including phenoxy) is 2. The van der Waals surface area contributed by atoms with Crippen molar-refractivity contribution in [2.75, 3.05) is 6.61 Å². The van der Waals surface area contributed by atoms with Crippen LogP contribution in [0.4, 0.5) is 0 Å². The van der Waals surface area contributed by atoms with Crippen molar-refractivity contribution in [3.8, 4) is 0 Å². The third-order valence-electron chi connectivity index (χ3n) is 2.71. The van der Waals surface area contributed by atoms with Gasteiger partial charge in [-0.25, -0.2) is 0 Å². The number of hydrogen-bond donors (Lipinski definition) is 3. The van der Waals surface area contributed by atoms with Crippen LogP contribution >= 0.6 is 0 Å². The molecule has 2 heterocycles. The van der Waals surface area contributed by atoms with Crippen LogP contribution in [0.2, 0.25) is 0 Å². The van der Waals surface area contributed by atoms with Crippen molar-refractivity contribution in [1.82, 2.24) is 0 Å². The number of hydrogen-bond acceptors (Lipinski definition) is 5. The van der Waals surface area contributed by atoms with E-state index < -0.39 is 30.2 Å². The molecule has 0 spiro atoms. The summed E-state index contributed by atoms with van der Waals surface area (Å²) < 4.78 is 10.2. The second-order valence-corrected chi connectivity index (χ2v) is 3.62. The third kappa shape index (κ3) is 1.19. The van der Waals surface area contributed by atoms with Crippen molar-refractivity contribution in [2.24, 2.45) is 0 Å². The molecule has 2 aliphatic rings. The molecule has 2 saturated heterocycles. The highest BCUT2D eigenvalue weighted by Crippen LogP contribution is 2.38. The van der Waals surface area contributed by atoms with Gasteiger partial charge in [0.05, 0.1) is 6.10 Å².